The molecule has 0 aromatic carbocycles. The minimum Gasteiger partial charge on any atom is -0.465 e. The number of likely N-dealkylation sites (tertiary alicyclic amines) is 1. The molecule has 0 aliphatic carbocycles. The molecule has 2 heterocycles. The molecule has 0 atom stereocenters. The summed E-state index contributed by atoms with van der Waals surface area (Å²) in [5, 5.41) is 10.1. The van der Waals surface area contributed by atoms with E-state index in [1.807, 2.05) is 0 Å². The van der Waals surface area contributed by atoms with Crippen molar-refractivity contribution in [2.45, 2.75) is 38.8 Å². The van der Waals surface area contributed by atoms with Gasteiger partial charge in [0.05, 0.1) is 19.3 Å². The third-order valence-electron chi connectivity index (χ3n) is 3.50. The number of carbonyl (C=O) groups excluding carboxylic acids is 1. The van der Waals surface area contributed by atoms with Crippen LogP contribution in [0, 0.1) is 6.92 Å². The fourth-order valence-corrected chi connectivity index (χ4v) is 2.68. The molecule has 1 aromatic rings. The van der Waals surface area contributed by atoms with Crippen molar-refractivity contribution >= 4 is 5.97 Å². The third kappa shape index (κ3) is 2.98. The van der Waals surface area contributed by atoms with E-state index in [4.69, 9.17) is 4.42 Å². The first-order valence-electron chi connectivity index (χ1n) is 6.60. The standard InChI is InChI=1S/C14H21NO4/c1-4-5-14(17)8-15(9-14)7-11-6-12(10(2)19-11)13(16)18-3/h6,17H,4-5,7-9H2,1-3H3. The highest BCUT2D eigenvalue weighted by atomic mass is 16.5. The maximum absolute atomic E-state index is 11.5. The molecule has 1 N–H and O–H groups in total. The molecule has 0 unspecified atom stereocenters. The first-order valence-corrected chi connectivity index (χ1v) is 6.60. The molecule has 0 amide bonds. The fraction of sp³-hybridized carbons (Fsp3) is 0.643. The molecular weight excluding hydrogens is 246 g/mol. The lowest BCUT2D eigenvalue weighted by molar-refractivity contribution is -0.108. The van der Waals surface area contributed by atoms with Crippen molar-refractivity contribution in [2.75, 3.05) is 20.2 Å². The summed E-state index contributed by atoms with van der Waals surface area (Å²) in [6.45, 7) is 5.75. The molecule has 19 heavy (non-hydrogen) atoms. The number of hydrogen-bond donors (Lipinski definition) is 1. The van der Waals surface area contributed by atoms with Crippen molar-refractivity contribution in [1.82, 2.24) is 4.90 Å². The summed E-state index contributed by atoms with van der Waals surface area (Å²) in [6, 6.07) is 1.72. The topological polar surface area (TPSA) is 62.9 Å². The van der Waals surface area contributed by atoms with Gasteiger partial charge >= 0.3 is 5.97 Å². The van der Waals surface area contributed by atoms with E-state index in [-0.39, 0.29) is 5.97 Å². The van der Waals surface area contributed by atoms with Gasteiger partial charge in [0.15, 0.2) is 0 Å². The predicted octanol–water partition coefficient (Wildman–Crippen LogP) is 1.72. The van der Waals surface area contributed by atoms with Crippen LogP contribution in [-0.4, -0.2) is 41.8 Å². The van der Waals surface area contributed by atoms with E-state index in [0.717, 1.165) is 18.6 Å². The van der Waals surface area contributed by atoms with E-state index in [9.17, 15) is 9.90 Å². The van der Waals surface area contributed by atoms with Crippen LogP contribution in [0.3, 0.4) is 0 Å². The molecule has 1 aromatic heterocycles. The smallest absolute Gasteiger partial charge is 0.341 e. The van der Waals surface area contributed by atoms with Crippen molar-refractivity contribution in [1.29, 1.82) is 0 Å². The minimum atomic E-state index is -0.540. The van der Waals surface area contributed by atoms with E-state index in [0.29, 0.717) is 31.0 Å². The van der Waals surface area contributed by atoms with Gasteiger partial charge in [-0.05, 0) is 19.4 Å². The van der Waals surface area contributed by atoms with E-state index >= 15 is 0 Å². The number of nitrogens with zero attached hydrogens (tertiary/aromatic N) is 1. The summed E-state index contributed by atoms with van der Waals surface area (Å²) in [7, 11) is 1.36. The monoisotopic (exact) mass is 267 g/mol. The van der Waals surface area contributed by atoms with Gasteiger partial charge in [0.25, 0.3) is 0 Å². The Kier molecular flexibility index (Phi) is 3.96. The summed E-state index contributed by atoms with van der Waals surface area (Å²) >= 11 is 0. The Hall–Kier alpha value is -1.33. The number of β-amino-alcohol motifs (C(OH)–C–C–N with tert-alkyl or cyclic N) is 1. The molecule has 106 valence electrons. The molecule has 1 saturated heterocycles. The molecule has 5 heteroatoms. The van der Waals surface area contributed by atoms with E-state index in [2.05, 4.69) is 16.6 Å². The lowest BCUT2D eigenvalue weighted by Gasteiger charge is -2.46. The average Bonchev–Trinajstić information content (AvgIpc) is 2.68. The Balaban J connectivity index is 1.93. The van der Waals surface area contributed by atoms with Crippen molar-refractivity contribution in [3.8, 4) is 0 Å². The molecule has 1 aliphatic rings. The number of aryl methyl sites for hydroxylation is 1. The number of carbonyl (C=O) groups is 1. The van der Waals surface area contributed by atoms with Crippen LogP contribution in [0.25, 0.3) is 0 Å². The van der Waals surface area contributed by atoms with Crippen LogP contribution >= 0.6 is 0 Å². The van der Waals surface area contributed by atoms with Gasteiger partial charge in [-0.15, -0.1) is 0 Å². The van der Waals surface area contributed by atoms with Crippen molar-refractivity contribution in [3.63, 3.8) is 0 Å². The maximum Gasteiger partial charge on any atom is 0.341 e. The fourth-order valence-electron chi connectivity index (χ4n) is 2.68. The predicted molar refractivity (Wildman–Crippen MR) is 69.9 cm³/mol. The summed E-state index contributed by atoms with van der Waals surface area (Å²) in [5.74, 6) is 0.932. The molecule has 0 spiro atoms. The van der Waals surface area contributed by atoms with Crippen LogP contribution in [0.1, 0.15) is 41.6 Å². The summed E-state index contributed by atoms with van der Waals surface area (Å²) in [6.07, 6.45) is 1.81. The number of rotatable bonds is 5. The second-order valence-electron chi connectivity index (χ2n) is 5.29. The first-order chi connectivity index (χ1) is 8.97. The van der Waals surface area contributed by atoms with Crippen LogP contribution in [0.2, 0.25) is 0 Å². The Morgan fingerprint density at radius 2 is 2.26 bits per heavy atom. The van der Waals surface area contributed by atoms with Gasteiger partial charge in [0.1, 0.15) is 17.1 Å². The zero-order chi connectivity index (χ0) is 14.0. The van der Waals surface area contributed by atoms with E-state index < -0.39 is 5.60 Å². The average molecular weight is 267 g/mol. The van der Waals surface area contributed by atoms with Crippen molar-refractivity contribution < 1.29 is 19.1 Å². The third-order valence-corrected chi connectivity index (χ3v) is 3.50. The Labute approximate surface area is 113 Å². The SMILES string of the molecule is CCCC1(O)CN(Cc2cc(C(=O)OC)c(C)o2)C1. The van der Waals surface area contributed by atoms with Gasteiger partial charge < -0.3 is 14.3 Å². The van der Waals surface area contributed by atoms with E-state index in [1.54, 1.807) is 13.0 Å². The second-order valence-corrected chi connectivity index (χ2v) is 5.29. The van der Waals surface area contributed by atoms with E-state index in [1.165, 1.54) is 7.11 Å². The largest absolute Gasteiger partial charge is 0.465 e. The number of ether oxygens (including phenoxy) is 1. The molecular formula is C14H21NO4. The molecule has 5 nitrogen and oxygen atoms in total. The summed E-state index contributed by atoms with van der Waals surface area (Å²) in [4.78, 5) is 13.6. The quantitative estimate of drug-likeness (QED) is 0.823. The molecule has 0 saturated carbocycles. The molecule has 1 aliphatic heterocycles. The van der Waals surface area contributed by atoms with Crippen LogP contribution in [0.4, 0.5) is 0 Å². The summed E-state index contributed by atoms with van der Waals surface area (Å²) < 4.78 is 10.2. The second kappa shape index (κ2) is 5.35. The first kappa shape index (κ1) is 14.1. The molecule has 1 fully saturated rings. The normalized spacial score (nSPS) is 18.1. The van der Waals surface area contributed by atoms with Crippen LogP contribution in [0.15, 0.2) is 10.5 Å². The Morgan fingerprint density at radius 1 is 1.58 bits per heavy atom. The number of furan rings is 1. The van der Waals surface area contributed by atoms with Crippen molar-refractivity contribution in [2.24, 2.45) is 0 Å². The zero-order valence-corrected chi connectivity index (χ0v) is 11.7. The minimum absolute atomic E-state index is 0.376. The van der Waals surface area contributed by atoms with Gasteiger partial charge in [0, 0.05) is 13.1 Å². The Morgan fingerprint density at radius 3 is 2.84 bits per heavy atom. The van der Waals surface area contributed by atoms with Gasteiger partial charge in [0.2, 0.25) is 0 Å². The van der Waals surface area contributed by atoms with Gasteiger partial charge in [-0.25, -0.2) is 4.79 Å². The van der Waals surface area contributed by atoms with Gasteiger partial charge in [-0.1, -0.05) is 13.3 Å². The number of aliphatic hydroxyl groups is 1. The lowest BCUT2D eigenvalue weighted by Crippen LogP contribution is -2.60. The van der Waals surface area contributed by atoms with Crippen LogP contribution in [-0.2, 0) is 11.3 Å². The highest BCUT2D eigenvalue weighted by Gasteiger charge is 2.40. The van der Waals surface area contributed by atoms with Gasteiger partial charge in [-0.3, -0.25) is 4.90 Å². The summed E-state index contributed by atoms with van der Waals surface area (Å²) in [5.41, 5.74) is -0.0662. The Bertz CT molecular complexity index is 460. The molecule has 2 rings (SSSR count). The lowest BCUT2D eigenvalue weighted by atomic mass is 9.89. The number of hydrogen-bond acceptors (Lipinski definition) is 5. The van der Waals surface area contributed by atoms with Crippen LogP contribution in [0.5, 0.6) is 0 Å². The number of esters is 1. The number of methoxy groups -OCH3 is 1. The maximum atomic E-state index is 11.5. The highest BCUT2D eigenvalue weighted by Crippen LogP contribution is 2.28. The molecule has 0 bridgehead atoms. The van der Waals surface area contributed by atoms with Gasteiger partial charge in [-0.2, -0.15) is 0 Å². The molecule has 0 radical (unpaired) electrons. The van der Waals surface area contributed by atoms with Crippen LogP contribution < -0.4 is 0 Å². The zero-order valence-electron chi connectivity index (χ0n) is 11.7. The van der Waals surface area contributed by atoms with Crippen molar-refractivity contribution in [3.05, 3.63) is 23.2 Å². The highest BCUT2D eigenvalue weighted by molar-refractivity contribution is 5.90.